The number of aromatic nitrogens is 1. The molecule has 102 valence electrons. The summed E-state index contributed by atoms with van der Waals surface area (Å²) in [4.78, 5) is 3.19. The number of nitrogens with one attached hydrogen (secondary N) is 2. The van der Waals surface area contributed by atoms with Gasteiger partial charge >= 0.3 is 0 Å². The first-order chi connectivity index (χ1) is 9.65. The number of anilines is 1. The first-order valence-electron chi connectivity index (χ1n) is 6.08. The van der Waals surface area contributed by atoms with Gasteiger partial charge in [-0.15, -0.1) is 0 Å². The van der Waals surface area contributed by atoms with Gasteiger partial charge in [-0.2, -0.15) is 0 Å². The number of aromatic amines is 1. The number of halogens is 3. The minimum Gasteiger partial charge on any atom is -0.380 e. The quantitative estimate of drug-likeness (QED) is 0.590. The number of H-pyrrole nitrogens is 1. The van der Waals surface area contributed by atoms with Gasteiger partial charge in [0, 0.05) is 23.6 Å². The van der Waals surface area contributed by atoms with Crippen LogP contribution in [0.4, 0.5) is 5.69 Å². The standard InChI is InChI=1S/C15H11Cl3N2/c16-11-6-13(18)15(7-12(11)17)20-8-9-2-1-3-14-10(9)4-5-19-14/h1-7,19-20H,8H2. The maximum absolute atomic E-state index is 6.15. The first kappa shape index (κ1) is 13.6. The summed E-state index contributed by atoms with van der Waals surface area (Å²) in [5.74, 6) is 0. The van der Waals surface area contributed by atoms with Crippen molar-refractivity contribution < 1.29 is 0 Å². The van der Waals surface area contributed by atoms with Crippen molar-refractivity contribution in [2.45, 2.75) is 6.54 Å². The minimum atomic E-state index is 0.454. The molecule has 0 aliphatic carbocycles. The topological polar surface area (TPSA) is 27.8 Å². The molecule has 3 aromatic rings. The lowest BCUT2D eigenvalue weighted by Crippen LogP contribution is -2.00. The summed E-state index contributed by atoms with van der Waals surface area (Å²) in [6.45, 7) is 0.660. The summed E-state index contributed by atoms with van der Waals surface area (Å²) >= 11 is 18.1. The highest BCUT2D eigenvalue weighted by Crippen LogP contribution is 2.32. The summed E-state index contributed by atoms with van der Waals surface area (Å²) < 4.78 is 0. The molecule has 0 bridgehead atoms. The van der Waals surface area contributed by atoms with Crippen molar-refractivity contribution in [2.24, 2.45) is 0 Å². The minimum absolute atomic E-state index is 0.454. The van der Waals surface area contributed by atoms with Crippen LogP contribution in [0.5, 0.6) is 0 Å². The van der Waals surface area contributed by atoms with Gasteiger partial charge in [0.25, 0.3) is 0 Å². The Morgan fingerprint density at radius 1 is 0.950 bits per heavy atom. The highest BCUT2D eigenvalue weighted by molar-refractivity contribution is 6.44. The maximum Gasteiger partial charge on any atom is 0.0653 e. The summed E-state index contributed by atoms with van der Waals surface area (Å²) in [6.07, 6.45) is 1.93. The summed E-state index contributed by atoms with van der Waals surface area (Å²) in [5, 5.41) is 5.98. The van der Waals surface area contributed by atoms with E-state index in [1.807, 2.05) is 18.3 Å². The Morgan fingerprint density at radius 3 is 2.60 bits per heavy atom. The smallest absolute Gasteiger partial charge is 0.0653 e. The third kappa shape index (κ3) is 2.59. The molecule has 0 atom stereocenters. The van der Waals surface area contributed by atoms with Crippen LogP contribution < -0.4 is 5.32 Å². The van der Waals surface area contributed by atoms with E-state index in [1.54, 1.807) is 12.1 Å². The van der Waals surface area contributed by atoms with Gasteiger partial charge < -0.3 is 10.3 Å². The molecule has 5 heteroatoms. The van der Waals surface area contributed by atoms with Crippen molar-refractivity contribution in [2.75, 3.05) is 5.32 Å². The van der Waals surface area contributed by atoms with E-state index in [0.29, 0.717) is 21.6 Å². The van der Waals surface area contributed by atoms with Crippen LogP contribution in [0, 0.1) is 0 Å². The average molecular weight is 326 g/mol. The largest absolute Gasteiger partial charge is 0.380 e. The molecule has 2 N–H and O–H groups in total. The molecular formula is C15H11Cl3N2. The summed E-state index contributed by atoms with van der Waals surface area (Å²) in [7, 11) is 0. The second-order valence-corrected chi connectivity index (χ2v) is 5.68. The summed E-state index contributed by atoms with van der Waals surface area (Å²) in [5.41, 5.74) is 3.07. The van der Waals surface area contributed by atoms with Crippen LogP contribution in [0.2, 0.25) is 15.1 Å². The van der Waals surface area contributed by atoms with Gasteiger partial charge in [-0.3, -0.25) is 0 Å². The average Bonchev–Trinajstić information content (AvgIpc) is 2.90. The van der Waals surface area contributed by atoms with Gasteiger partial charge in [0.15, 0.2) is 0 Å². The highest BCUT2D eigenvalue weighted by Gasteiger charge is 2.07. The molecule has 2 aromatic carbocycles. The molecule has 0 fully saturated rings. The predicted molar refractivity (Wildman–Crippen MR) is 87.1 cm³/mol. The zero-order valence-corrected chi connectivity index (χ0v) is 12.7. The Bertz CT molecular complexity index is 765. The second kappa shape index (κ2) is 5.57. The molecule has 1 heterocycles. The van der Waals surface area contributed by atoms with Gasteiger partial charge in [-0.1, -0.05) is 46.9 Å². The fourth-order valence-electron chi connectivity index (χ4n) is 2.15. The van der Waals surface area contributed by atoms with Gasteiger partial charge in [-0.25, -0.2) is 0 Å². The second-order valence-electron chi connectivity index (χ2n) is 4.46. The van der Waals surface area contributed by atoms with Crippen molar-refractivity contribution in [3.05, 3.63) is 63.2 Å². The van der Waals surface area contributed by atoms with E-state index in [1.165, 1.54) is 10.9 Å². The SMILES string of the molecule is Clc1cc(Cl)c(NCc2cccc3[nH]ccc23)cc1Cl. The molecule has 0 spiro atoms. The highest BCUT2D eigenvalue weighted by atomic mass is 35.5. The third-order valence-electron chi connectivity index (χ3n) is 3.16. The maximum atomic E-state index is 6.15. The lowest BCUT2D eigenvalue weighted by Gasteiger charge is -2.10. The zero-order chi connectivity index (χ0) is 14.1. The number of hydrogen-bond donors (Lipinski definition) is 2. The number of rotatable bonds is 3. The lowest BCUT2D eigenvalue weighted by molar-refractivity contribution is 1.17. The zero-order valence-electron chi connectivity index (χ0n) is 10.4. The van der Waals surface area contributed by atoms with Crippen molar-refractivity contribution in [1.82, 2.24) is 4.98 Å². The number of benzene rings is 2. The van der Waals surface area contributed by atoms with E-state index in [4.69, 9.17) is 34.8 Å². The molecule has 0 saturated heterocycles. The molecule has 3 rings (SSSR count). The molecule has 1 aromatic heterocycles. The van der Waals surface area contributed by atoms with Crippen molar-refractivity contribution >= 4 is 51.4 Å². The van der Waals surface area contributed by atoms with Crippen LogP contribution in [-0.4, -0.2) is 4.98 Å². The Morgan fingerprint density at radius 2 is 1.75 bits per heavy atom. The monoisotopic (exact) mass is 324 g/mol. The fraction of sp³-hybridized carbons (Fsp3) is 0.0667. The molecule has 20 heavy (non-hydrogen) atoms. The predicted octanol–water partition coefficient (Wildman–Crippen LogP) is 5.74. The molecule has 0 aliphatic heterocycles. The fourth-order valence-corrected chi connectivity index (χ4v) is 2.77. The van der Waals surface area contributed by atoms with E-state index in [0.717, 1.165) is 11.2 Å². The van der Waals surface area contributed by atoms with Gasteiger partial charge in [0.1, 0.15) is 0 Å². The Labute approximate surface area is 131 Å². The van der Waals surface area contributed by atoms with E-state index in [9.17, 15) is 0 Å². The first-order valence-corrected chi connectivity index (χ1v) is 7.22. The van der Waals surface area contributed by atoms with Crippen LogP contribution in [0.15, 0.2) is 42.6 Å². The molecule has 0 aliphatic rings. The molecule has 0 unspecified atom stereocenters. The van der Waals surface area contributed by atoms with Crippen LogP contribution >= 0.6 is 34.8 Å². The number of hydrogen-bond acceptors (Lipinski definition) is 1. The molecule has 0 saturated carbocycles. The Kier molecular flexibility index (Phi) is 3.79. The van der Waals surface area contributed by atoms with Crippen LogP contribution in [0.1, 0.15) is 5.56 Å². The third-order valence-corrected chi connectivity index (χ3v) is 4.20. The van der Waals surface area contributed by atoms with E-state index in [-0.39, 0.29) is 0 Å². The number of fused-ring (bicyclic) bond motifs is 1. The normalized spacial score (nSPS) is 10.9. The Hall–Kier alpha value is -1.35. The van der Waals surface area contributed by atoms with Crippen LogP contribution in [-0.2, 0) is 6.54 Å². The molecule has 0 radical (unpaired) electrons. The van der Waals surface area contributed by atoms with Crippen molar-refractivity contribution in [1.29, 1.82) is 0 Å². The van der Waals surface area contributed by atoms with E-state index < -0.39 is 0 Å². The molecule has 2 nitrogen and oxygen atoms in total. The van der Waals surface area contributed by atoms with Gasteiger partial charge in [0.05, 0.1) is 20.8 Å². The van der Waals surface area contributed by atoms with E-state index >= 15 is 0 Å². The molecular weight excluding hydrogens is 315 g/mol. The van der Waals surface area contributed by atoms with Crippen LogP contribution in [0.3, 0.4) is 0 Å². The Balaban J connectivity index is 1.86. The van der Waals surface area contributed by atoms with Gasteiger partial charge in [0.2, 0.25) is 0 Å². The summed E-state index contributed by atoms with van der Waals surface area (Å²) in [6, 6.07) is 11.6. The van der Waals surface area contributed by atoms with Crippen LogP contribution in [0.25, 0.3) is 10.9 Å². The van der Waals surface area contributed by atoms with Crippen molar-refractivity contribution in [3.8, 4) is 0 Å². The molecule has 0 amide bonds. The van der Waals surface area contributed by atoms with E-state index in [2.05, 4.69) is 22.4 Å². The lowest BCUT2D eigenvalue weighted by atomic mass is 10.1. The van der Waals surface area contributed by atoms with Crippen molar-refractivity contribution in [3.63, 3.8) is 0 Å². The van der Waals surface area contributed by atoms with Gasteiger partial charge in [-0.05, 0) is 29.8 Å².